The van der Waals surface area contributed by atoms with Gasteiger partial charge in [-0.3, -0.25) is 0 Å². The van der Waals surface area contributed by atoms with Crippen LogP contribution in [0.5, 0.6) is 5.75 Å². The van der Waals surface area contributed by atoms with Crippen LogP contribution in [0.15, 0.2) is 54.6 Å². The summed E-state index contributed by atoms with van der Waals surface area (Å²) in [5.41, 5.74) is -0.285. The molecule has 0 aliphatic rings. The van der Waals surface area contributed by atoms with E-state index in [1.54, 1.807) is 0 Å². The second kappa shape index (κ2) is 9.20. The summed E-state index contributed by atoms with van der Waals surface area (Å²) < 4.78 is 18.7. The molecule has 1 atom stereocenters. The topological polar surface area (TPSA) is 44.8 Å². The fourth-order valence-corrected chi connectivity index (χ4v) is 4.28. The number of benzene rings is 2. The van der Waals surface area contributed by atoms with Crippen LogP contribution in [0.1, 0.15) is 20.8 Å². The number of carbonyl (C=O) groups is 1. The van der Waals surface area contributed by atoms with E-state index in [-0.39, 0.29) is 33.2 Å². The Balaban J connectivity index is 1.84. The minimum absolute atomic E-state index is 0.136. The molecule has 0 heterocycles. The van der Waals surface area contributed by atoms with Gasteiger partial charge in [-0.25, -0.2) is 0 Å². The van der Waals surface area contributed by atoms with E-state index in [1.165, 1.54) is 14.3 Å². The zero-order valence-electron chi connectivity index (χ0n) is 15.0. The van der Waals surface area contributed by atoms with Crippen molar-refractivity contribution < 1.29 is 40.2 Å². The monoisotopic (exact) mass is 455 g/mol. The van der Waals surface area contributed by atoms with Crippen LogP contribution in [0.3, 0.4) is 0 Å². The number of carbonyl (C=O) groups excluding carboxylic acids is 1. The molecule has 0 aromatic heterocycles. The van der Waals surface area contributed by atoms with Gasteiger partial charge in [-0.15, -0.1) is 0 Å². The zero-order chi connectivity index (χ0) is 18.3. The Hall–Kier alpha value is -1.60. The van der Waals surface area contributed by atoms with Gasteiger partial charge in [-0.1, -0.05) is 0 Å². The van der Waals surface area contributed by atoms with Gasteiger partial charge in [0.1, 0.15) is 0 Å². The van der Waals surface area contributed by atoms with Crippen LogP contribution in [0.25, 0.3) is 0 Å². The summed E-state index contributed by atoms with van der Waals surface area (Å²) in [4.78, 5) is 11.9. The standard InChI is InChI=1S/C20H24IO4/c1-20(2,3)19(23-4)25-18(22)14-24-17-12-10-16(11-13-17)21-15-8-6-5-7-9-15/h5-13,19H,14H2,1-4H3/q-1. The molecule has 2 aromatic carbocycles. The van der Waals surface area contributed by atoms with E-state index in [9.17, 15) is 4.79 Å². The van der Waals surface area contributed by atoms with Gasteiger partial charge in [0.05, 0.1) is 0 Å². The maximum atomic E-state index is 11.9. The number of methoxy groups -OCH3 is 1. The van der Waals surface area contributed by atoms with Gasteiger partial charge in [0.2, 0.25) is 0 Å². The first-order valence-corrected chi connectivity index (χ1v) is 10.2. The van der Waals surface area contributed by atoms with E-state index in [1.807, 2.05) is 51.1 Å². The SMILES string of the molecule is COC(OC(=O)COc1ccc([I-]c2ccccc2)cc1)C(C)(C)C. The van der Waals surface area contributed by atoms with Crippen molar-refractivity contribution in [3.8, 4) is 5.75 Å². The van der Waals surface area contributed by atoms with E-state index in [0.717, 1.165) is 0 Å². The fraction of sp³-hybridized carbons (Fsp3) is 0.350. The summed E-state index contributed by atoms with van der Waals surface area (Å²) in [6.45, 7) is 5.71. The zero-order valence-corrected chi connectivity index (χ0v) is 17.1. The van der Waals surface area contributed by atoms with Crippen molar-refractivity contribution in [2.45, 2.75) is 27.1 Å². The maximum absolute atomic E-state index is 11.9. The Kier molecular flexibility index (Phi) is 7.25. The number of halogens is 1. The van der Waals surface area contributed by atoms with Gasteiger partial charge in [-0.05, 0) is 0 Å². The van der Waals surface area contributed by atoms with Crippen molar-refractivity contribution in [3.63, 3.8) is 0 Å². The van der Waals surface area contributed by atoms with Crippen LogP contribution in [0, 0.1) is 12.6 Å². The first-order valence-electron chi connectivity index (χ1n) is 8.03. The predicted octanol–water partition coefficient (Wildman–Crippen LogP) is 0.756. The van der Waals surface area contributed by atoms with Crippen LogP contribution in [0.4, 0.5) is 0 Å². The summed E-state index contributed by atoms with van der Waals surface area (Å²) in [6.07, 6.45) is -0.596. The molecule has 0 amide bonds. The summed E-state index contributed by atoms with van der Waals surface area (Å²) in [5, 5.41) is 0. The minimum atomic E-state index is -0.596. The number of rotatable bonds is 7. The van der Waals surface area contributed by atoms with Crippen LogP contribution < -0.4 is 25.9 Å². The van der Waals surface area contributed by atoms with Crippen molar-refractivity contribution in [2.75, 3.05) is 13.7 Å². The molecule has 25 heavy (non-hydrogen) atoms. The molecule has 0 aliphatic carbocycles. The molecule has 5 heteroatoms. The number of esters is 1. The van der Waals surface area contributed by atoms with E-state index >= 15 is 0 Å². The van der Waals surface area contributed by atoms with Crippen molar-refractivity contribution in [3.05, 3.63) is 61.7 Å². The van der Waals surface area contributed by atoms with Crippen molar-refractivity contribution in [1.29, 1.82) is 0 Å². The summed E-state index contributed by atoms with van der Waals surface area (Å²) in [5.74, 6) is 0.213. The molecule has 0 radical (unpaired) electrons. The number of hydrogen-bond donors (Lipinski definition) is 0. The third-order valence-electron chi connectivity index (χ3n) is 3.28. The van der Waals surface area contributed by atoms with Crippen molar-refractivity contribution in [2.24, 2.45) is 5.41 Å². The molecule has 1 unspecified atom stereocenters. The summed E-state index contributed by atoms with van der Waals surface area (Å²) in [7, 11) is 1.53. The summed E-state index contributed by atoms with van der Waals surface area (Å²) >= 11 is -0.198. The Morgan fingerprint density at radius 3 is 2.16 bits per heavy atom. The molecule has 0 N–H and O–H groups in total. The molecular formula is C20H24IO4-. The number of hydrogen-bond acceptors (Lipinski definition) is 4. The van der Waals surface area contributed by atoms with Crippen LogP contribution in [0.2, 0.25) is 0 Å². The molecule has 0 spiro atoms. The van der Waals surface area contributed by atoms with Gasteiger partial charge in [-0.2, -0.15) is 0 Å². The first kappa shape index (κ1) is 19.7. The fourth-order valence-electron chi connectivity index (χ4n) is 2.07. The van der Waals surface area contributed by atoms with Gasteiger partial charge in [0, 0.05) is 0 Å². The Bertz CT molecular complexity index is 662. The molecule has 2 rings (SSSR count). The molecule has 0 saturated carbocycles. The predicted molar refractivity (Wildman–Crippen MR) is 92.1 cm³/mol. The van der Waals surface area contributed by atoms with Gasteiger partial charge in [0.15, 0.2) is 0 Å². The third-order valence-corrected chi connectivity index (χ3v) is 5.97. The van der Waals surface area contributed by atoms with Gasteiger partial charge < -0.3 is 0 Å². The molecular weight excluding hydrogens is 431 g/mol. The van der Waals surface area contributed by atoms with E-state index in [0.29, 0.717) is 5.75 Å². The quantitative estimate of drug-likeness (QED) is 0.352. The van der Waals surface area contributed by atoms with Gasteiger partial charge in [0.25, 0.3) is 0 Å². The van der Waals surface area contributed by atoms with Crippen LogP contribution in [-0.2, 0) is 14.3 Å². The van der Waals surface area contributed by atoms with Crippen molar-refractivity contribution >= 4 is 5.97 Å². The molecule has 0 aliphatic heterocycles. The molecule has 0 saturated heterocycles. The number of ether oxygens (including phenoxy) is 3. The van der Waals surface area contributed by atoms with E-state index in [2.05, 4.69) is 24.3 Å². The van der Waals surface area contributed by atoms with Crippen LogP contribution in [-0.4, -0.2) is 26.0 Å². The van der Waals surface area contributed by atoms with Crippen LogP contribution >= 0.6 is 0 Å². The van der Waals surface area contributed by atoms with E-state index in [4.69, 9.17) is 14.2 Å². The Labute approximate surface area is 159 Å². The van der Waals surface area contributed by atoms with E-state index < -0.39 is 12.3 Å². The first-order chi connectivity index (χ1) is 11.9. The normalized spacial score (nSPS) is 12.6. The Morgan fingerprint density at radius 2 is 1.60 bits per heavy atom. The molecule has 0 fully saturated rings. The second-order valence-electron chi connectivity index (χ2n) is 6.56. The summed E-state index contributed by atoms with van der Waals surface area (Å²) in [6, 6.07) is 18.3. The molecule has 2 aromatic rings. The second-order valence-corrected chi connectivity index (χ2v) is 9.59. The molecule has 136 valence electrons. The third kappa shape index (κ3) is 6.66. The van der Waals surface area contributed by atoms with Crippen molar-refractivity contribution in [1.82, 2.24) is 0 Å². The average Bonchev–Trinajstić information content (AvgIpc) is 2.59. The molecule has 4 nitrogen and oxygen atoms in total. The average molecular weight is 455 g/mol. The Morgan fingerprint density at radius 1 is 1.00 bits per heavy atom. The molecule has 0 bridgehead atoms. The van der Waals surface area contributed by atoms with Gasteiger partial charge >= 0.3 is 160 Å².